The van der Waals surface area contributed by atoms with Crippen molar-refractivity contribution in [2.75, 3.05) is 25.4 Å². The Morgan fingerprint density at radius 3 is 2.55 bits per heavy atom. The highest BCUT2D eigenvalue weighted by molar-refractivity contribution is 6.51. The van der Waals surface area contributed by atoms with Gasteiger partial charge in [0.25, 0.3) is 11.7 Å². The number of aryl methyl sites for hydroxylation is 2. The summed E-state index contributed by atoms with van der Waals surface area (Å²) in [5, 5.41) is 21.9. The molecule has 1 amide bonds. The second-order valence-electron chi connectivity index (χ2n) is 9.03. The molecular weight excluding hydrogens is 490 g/mol. The molecule has 3 aromatic rings. The lowest BCUT2D eigenvalue weighted by Gasteiger charge is -2.26. The summed E-state index contributed by atoms with van der Waals surface area (Å²) in [6.07, 6.45) is 0. The SMILES string of the molecule is CCOc1cc(C2/C(=C(\O)c3cc(C)cc(C)c3OC)C(=O)C(=O)N2c2ccc3c(c2)OCO3)ccc1O. The smallest absolute Gasteiger partial charge is 0.300 e. The standard InChI is InChI=1S/C29H27NO8/c1-5-36-22-12-17(6-8-20(22)31)25-24(26(32)19-11-15(2)10-16(3)28(19)35-4)27(33)29(34)30(25)18-7-9-21-23(13-18)38-14-37-21/h6-13,25,31-32H,5,14H2,1-4H3/b26-24+. The number of carbonyl (C=O) groups excluding carboxylic acids is 2. The van der Waals surface area contributed by atoms with Crippen LogP contribution in [-0.4, -0.2) is 42.4 Å². The Hall–Kier alpha value is -4.66. The minimum atomic E-state index is -1.04. The Balaban J connectivity index is 1.77. The van der Waals surface area contributed by atoms with E-state index in [9.17, 15) is 19.8 Å². The van der Waals surface area contributed by atoms with Crippen molar-refractivity contribution >= 4 is 23.1 Å². The van der Waals surface area contributed by atoms with Gasteiger partial charge in [-0.3, -0.25) is 14.5 Å². The first-order chi connectivity index (χ1) is 18.2. The molecule has 2 aliphatic rings. The van der Waals surface area contributed by atoms with Gasteiger partial charge in [0.15, 0.2) is 23.0 Å². The van der Waals surface area contributed by atoms with E-state index in [2.05, 4.69) is 0 Å². The van der Waals surface area contributed by atoms with Crippen LogP contribution in [0.1, 0.15) is 35.2 Å². The maximum Gasteiger partial charge on any atom is 0.300 e. The first-order valence-corrected chi connectivity index (χ1v) is 12.1. The normalized spacial score (nSPS) is 17.7. The van der Waals surface area contributed by atoms with Crippen molar-refractivity contribution in [2.45, 2.75) is 26.8 Å². The third kappa shape index (κ3) is 4.06. The second-order valence-corrected chi connectivity index (χ2v) is 9.03. The molecule has 0 saturated carbocycles. The van der Waals surface area contributed by atoms with E-state index in [0.717, 1.165) is 11.1 Å². The highest BCUT2D eigenvalue weighted by atomic mass is 16.7. The summed E-state index contributed by atoms with van der Waals surface area (Å²) in [6, 6.07) is 12.0. The molecule has 0 radical (unpaired) electrons. The number of benzene rings is 3. The molecule has 1 saturated heterocycles. The number of carbonyl (C=O) groups is 2. The fourth-order valence-corrected chi connectivity index (χ4v) is 4.97. The first-order valence-electron chi connectivity index (χ1n) is 12.1. The molecular formula is C29H27NO8. The highest BCUT2D eigenvalue weighted by Gasteiger charge is 2.47. The molecule has 3 aromatic carbocycles. The number of fused-ring (bicyclic) bond motifs is 1. The zero-order valence-electron chi connectivity index (χ0n) is 21.4. The number of rotatable bonds is 6. The Morgan fingerprint density at radius 2 is 1.82 bits per heavy atom. The molecule has 1 fully saturated rings. The number of ether oxygens (including phenoxy) is 4. The Morgan fingerprint density at radius 1 is 1.05 bits per heavy atom. The van der Waals surface area contributed by atoms with Crippen LogP contribution in [0.25, 0.3) is 5.76 Å². The molecule has 38 heavy (non-hydrogen) atoms. The van der Waals surface area contributed by atoms with Gasteiger partial charge in [0.2, 0.25) is 6.79 Å². The van der Waals surface area contributed by atoms with E-state index >= 15 is 0 Å². The van der Waals surface area contributed by atoms with Crippen LogP contribution in [0.4, 0.5) is 5.69 Å². The van der Waals surface area contributed by atoms with Gasteiger partial charge in [0.05, 0.1) is 30.9 Å². The topological polar surface area (TPSA) is 115 Å². The zero-order valence-corrected chi connectivity index (χ0v) is 21.4. The average Bonchev–Trinajstić information content (AvgIpc) is 3.46. The second kappa shape index (κ2) is 9.66. The van der Waals surface area contributed by atoms with E-state index in [-0.39, 0.29) is 29.6 Å². The molecule has 2 aliphatic heterocycles. The number of phenols is 1. The van der Waals surface area contributed by atoms with Crippen LogP contribution >= 0.6 is 0 Å². The number of hydrogen-bond acceptors (Lipinski definition) is 8. The quantitative estimate of drug-likeness (QED) is 0.273. The number of Topliss-reactive ketones (excluding diaryl/α,β-unsaturated/α-hetero) is 1. The van der Waals surface area contributed by atoms with Crippen molar-refractivity contribution in [3.63, 3.8) is 0 Å². The molecule has 9 nitrogen and oxygen atoms in total. The van der Waals surface area contributed by atoms with E-state index in [1.807, 2.05) is 19.9 Å². The van der Waals surface area contributed by atoms with Crippen molar-refractivity contribution in [3.05, 3.63) is 76.4 Å². The number of aliphatic hydroxyl groups excluding tert-OH is 1. The number of hydrogen-bond donors (Lipinski definition) is 2. The number of amides is 1. The summed E-state index contributed by atoms with van der Waals surface area (Å²) in [6.45, 7) is 5.80. The van der Waals surface area contributed by atoms with Crippen molar-refractivity contribution < 1.29 is 38.7 Å². The summed E-state index contributed by atoms with van der Waals surface area (Å²) in [5.74, 6) is -0.628. The minimum Gasteiger partial charge on any atom is -0.507 e. The van der Waals surface area contributed by atoms with Crippen LogP contribution in [0.5, 0.6) is 28.7 Å². The van der Waals surface area contributed by atoms with Crippen LogP contribution in [0.15, 0.2) is 54.1 Å². The molecule has 2 heterocycles. The van der Waals surface area contributed by atoms with Crippen LogP contribution in [0.3, 0.4) is 0 Å². The molecule has 0 spiro atoms. The fraction of sp³-hybridized carbons (Fsp3) is 0.241. The van der Waals surface area contributed by atoms with Crippen LogP contribution < -0.4 is 23.8 Å². The Labute approximate surface area is 219 Å². The van der Waals surface area contributed by atoms with E-state index in [4.69, 9.17) is 18.9 Å². The monoisotopic (exact) mass is 517 g/mol. The number of anilines is 1. The van der Waals surface area contributed by atoms with Crippen molar-refractivity contribution in [2.24, 2.45) is 0 Å². The molecule has 0 bridgehead atoms. The first kappa shape index (κ1) is 25.0. The van der Waals surface area contributed by atoms with E-state index in [1.165, 1.54) is 18.1 Å². The number of methoxy groups -OCH3 is 1. The van der Waals surface area contributed by atoms with E-state index in [0.29, 0.717) is 40.7 Å². The number of ketones is 1. The molecule has 0 aromatic heterocycles. The predicted molar refractivity (Wildman–Crippen MR) is 139 cm³/mol. The van der Waals surface area contributed by atoms with Crippen LogP contribution in [-0.2, 0) is 9.59 Å². The van der Waals surface area contributed by atoms with Crippen LogP contribution in [0, 0.1) is 13.8 Å². The van der Waals surface area contributed by atoms with Gasteiger partial charge in [-0.15, -0.1) is 0 Å². The summed E-state index contributed by atoms with van der Waals surface area (Å²) in [5.41, 5.74) is 2.60. The van der Waals surface area contributed by atoms with Gasteiger partial charge in [-0.25, -0.2) is 0 Å². The van der Waals surface area contributed by atoms with Gasteiger partial charge in [0, 0.05) is 11.8 Å². The maximum absolute atomic E-state index is 13.6. The third-order valence-electron chi connectivity index (χ3n) is 6.56. The molecule has 2 N–H and O–H groups in total. The Kier molecular flexibility index (Phi) is 6.36. The highest BCUT2D eigenvalue weighted by Crippen LogP contribution is 2.47. The Bertz CT molecular complexity index is 1490. The van der Waals surface area contributed by atoms with Crippen molar-refractivity contribution in [1.82, 2.24) is 0 Å². The largest absolute Gasteiger partial charge is 0.507 e. The van der Waals surface area contributed by atoms with Gasteiger partial charge in [-0.2, -0.15) is 0 Å². The maximum atomic E-state index is 13.6. The van der Waals surface area contributed by atoms with Gasteiger partial charge in [-0.1, -0.05) is 12.1 Å². The van der Waals surface area contributed by atoms with Gasteiger partial charge in [-0.05, 0) is 67.8 Å². The van der Waals surface area contributed by atoms with E-state index in [1.54, 1.807) is 43.3 Å². The summed E-state index contributed by atoms with van der Waals surface area (Å²) < 4.78 is 22.0. The predicted octanol–water partition coefficient (Wildman–Crippen LogP) is 4.77. The fourth-order valence-electron chi connectivity index (χ4n) is 4.97. The summed E-state index contributed by atoms with van der Waals surface area (Å²) in [7, 11) is 1.48. The van der Waals surface area contributed by atoms with Gasteiger partial charge < -0.3 is 29.2 Å². The number of phenolic OH excluding ortho intramolecular Hbond substituents is 1. The summed E-state index contributed by atoms with van der Waals surface area (Å²) >= 11 is 0. The van der Waals surface area contributed by atoms with Crippen LogP contribution in [0.2, 0.25) is 0 Å². The average molecular weight is 518 g/mol. The third-order valence-corrected chi connectivity index (χ3v) is 6.56. The van der Waals surface area contributed by atoms with Gasteiger partial charge in [0.1, 0.15) is 11.5 Å². The summed E-state index contributed by atoms with van der Waals surface area (Å²) in [4.78, 5) is 28.4. The zero-order chi connectivity index (χ0) is 27.1. The van der Waals surface area contributed by atoms with Gasteiger partial charge >= 0.3 is 0 Å². The van der Waals surface area contributed by atoms with E-state index < -0.39 is 17.7 Å². The minimum absolute atomic E-state index is 0.0449. The number of aromatic hydroxyl groups is 1. The number of nitrogens with zero attached hydrogens (tertiary/aromatic N) is 1. The number of aliphatic hydroxyl groups is 1. The molecule has 9 heteroatoms. The molecule has 0 aliphatic carbocycles. The molecule has 1 unspecified atom stereocenters. The molecule has 5 rings (SSSR count). The lowest BCUT2D eigenvalue weighted by Crippen LogP contribution is -2.29. The molecule has 196 valence electrons. The molecule has 1 atom stereocenters. The van der Waals surface area contributed by atoms with Crippen molar-refractivity contribution in [3.8, 4) is 28.7 Å². The lowest BCUT2D eigenvalue weighted by atomic mass is 9.93. The lowest BCUT2D eigenvalue weighted by molar-refractivity contribution is -0.132. The van der Waals surface area contributed by atoms with Crippen molar-refractivity contribution in [1.29, 1.82) is 0 Å².